The number of hydrogen-bond acceptors (Lipinski definition) is 2. The van der Waals surface area contributed by atoms with Gasteiger partial charge < -0.3 is 4.90 Å². The molecule has 0 bridgehead atoms. The monoisotopic (exact) mass is 321 g/mol. The fraction of sp³-hybridized carbons (Fsp3) is 0.500. The molecule has 106 valence electrons. The largest absolute Gasteiger partial charge is 0.369 e. The van der Waals surface area contributed by atoms with Crippen LogP contribution in [-0.2, 0) is 10.2 Å². The highest BCUT2D eigenvalue weighted by molar-refractivity contribution is 6.65. The summed E-state index contributed by atoms with van der Waals surface area (Å²) in [5.41, 5.74) is 1.26. The molecule has 2 nitrogen and oxygen atoms in total. The summed E-state index contributed by atoms with van der Waals surface area (Å²) in [6.45, 7) is 5.11. The number of carbonyl (C=O) groups excluding carboxylic acids is 1. The first-order valence-corrected chi connectivity index (χ1v) is 7.55. The Morgan fingerprint density at radius 2 is 1.58 bits per heavy atom. The van der Waals surface area contributed by atoms with Crippen molar-refractivity contribution in [2.24, 2.45) is 0 Å². The van der Waals surface area contributed by atoms with Crippen LogP contribution in [0.4, 0.5) is 5.69 Å². The summed E-state index contributed by atoms with van der Waals surface area (Å²) in [6.07, 6.45) is 0. The molecule has 0 aromatic heterocycles. The number of rotatable bonds is 7. The Bertz CT molecular complexity index is 411. The number of halogens is 3. The minimum Gasteiger partial charge on any atom is -0.369 e. The van der Waals surface area contributed by atoms with Gasteiger partial charge in [0.15, 0.2) is 0 Å². The molecule has 0 saturated carbocycles. The summed E-state index contributed by atoms with van der Waals surface area (Å²) in [5.74, 6) is 1.09. The molecule has 0 amide bonds. The second-order valence-electron chi connectivity index (χ2n) is 4.81. The van der Waals surface area contributed by atoms with Gasteiger partial charge >= 0.3 is 0 Å². The second-order valence-corrected chi connectivity index (χ2v) is 5.91. The lowest BCUT2D eigenvalue weighted by molar-refractivity contribution is -0.115. The van der Waals surface area contributed by atoms with Crippen LogP contribution in [0.25, 0.3) is 0 Å². The molecule has 5 heteroatoms. The maximum Gasteiger partial charge on any atom is 0.231 e. The van der Waals surface area contributed by atoms with Crippen LogP contribution in [0.2, 0.25) is 0 Å². The fourth-order valence-corrected chi connectivity index (χ4v) is 2.29. The van der Waals surface area contributed by atoms with Crippen LogP contribution in [0.1, 0.15) is 19.4 Å². The zero-order valence-electron chi connectivity index (χ0n) is 11.1. The first-order chi connectivity index (χ1) is 8.93. The first-order valence-electron chi connectivity index (χ1n) is 6.11. The van der Waals surface area contributed by atoms with Gasteiger partial charge in [0.1, 0.15) is 0 Å². The first kappa shape index (κ1) is 16.6. The molecule has 1 aromatic carbocycles. The van der Waals surface area contributed by atoms with Gasteiger partial charge in [0.05, 0.1) is 5.41 Å². The van der Waals surface area contributed by atoms with Crippen molar-refractivity contribution >= 4 is 45.7 Å². The summed E-state index contributed by atoms with van der Waals surface area (Å²) in [7, 11) is 0. The van der Waals surface area contributed by atoms with E-state index in [1.165, 1.54) is 0 Å². The topological polar surface area (TPSA) is 20.3 Å². The van der Waals surface area contributed by atoms with Crippen molar-refractivity contribution < 1.29 is 4.79 Å². The smallest absolute Gasteiger partial charge is 0.231 e. The third-order valence-corrected chi connectivity index (χ3v) is 3.96. The molecule has 0 fully saturated rings. The average Bonchev–Trinajstić information content (AvgIpc) is 2.38. The SMILES string of the molecule is CC(C)(C(=O)Cl)c1ccc(N(CCCl)CCCl)cc1. The van der Waals surface area contributed by atoms with Gasteiger partial charge in [-0.3, -0.25) is 4.79 Å². The minimum atomic E-state index is -0.677. The van der Waals surface area contributed by atoms with Gasteiger partial charge in [-0.2, -0.15) is 0 Å². The van der Waals surface area contributed by atoms with Gasteiger partial charge in [0, 0.05) is 30.5 Å². The molecule has 0 atom stereocenters. The van der Waals surface area contributed by atoms with E-state index < -0.39 is 5.41 Å². The quantitative estimate of drug-likeness (QED) is 0.558. The highest BCUT2D eigenvalue weighted by Gasteiger charge is 2.27. The van der Waals surface area contributed by atoms with Crippen LogP contribution in [-0.4, -0.2) is 30.1 Å². The number of alkyl halides is 2. The molecule has 0 aliphatic heterocycles. The Hall–Kier alpha value is -0.440. The van der Waals surface area contributed by atoms with Crippen LogP contribution in [0, 0.1) is 0 Å². The lowest BCUT2D eigenvalue weighted by Gasteiger charge is -2.25. The van der Waals surface area contributed by atoms with Gasteiger partial charge in [-0.15, -0.1) is 23.2 Å². The highest BCUT2D eigenvalue weighted by atomic mass is 35.5. The van der Waals surface area contributed by atoms with Gasteiger partial charge in [0.2, 0.25) is 5.24 Å². The maximum absolute atomic E-state index is 11.4. The summed E-state index contributed by atoms with van der Waals surface area (Å²) in [5, 5.41) is -0.362. The molecule has 19 heavy (non-hydrogen) atoms. The maximum atomic E-state index is 11.4. The van der Waals surface area contributed by atoms with E-state index in [2.05, 4.69) is 4.90 Å². The van der Waals surface area contributed by atoms with Gasteiger partial charge in [-0.1, -0.05) is 12.1 Å². The van der Waals surface area contributed by atoms with E-state index in [1.54, 1.807) is 0 Å². The highest BCUT2D eigenvalue weighted by Crippen LogP contribution is 2.27. The lowest BCUT2D eigenvalue weighted by Crippen LogP contribution is -2.28. The lowest BCUT2D eigenvalue weighted by atomic mass is 9.86. The van der Waals surface area contributed by atoms with E-state index in [-0.39, 0.29) is 5.24 Å². The van der Waals surface area contributed by atoms with Crippen molar-refractivity contribution in [1.82, 2.24) is 0 Å². The second kappa shape index (κ2) is 7.37. The fourth-order valence-electron chi connectivity index (χ4n) is 1.78. The molecule has 0 aliphatic rings. The van der Waals surface area contributed by atoms with Crippen LogP contribution in [0.15, 0.2) is 24.3 Å². The third-order valence-electron chi connectivity index (χ3n) is 3.15. The van der Waals surface area contributed by atoms with Gasteiger partial charge in [0.25, 0.3) is 0 Å². The van der Waals surface area contributed by atoms with Crippen LogP contribution >= 0.6 is 34.8 Å². The molecule has 0 heterocycles. The Labute approximate surface area is 129 Å². The molecule has 0 unspecified atom stereocenters. The third kappa shape index (κ3) is 4.27. The number of nitrogens with zero attached hydrogens (tertiary/aromatic N) is 1. The predicted molar refractivity (Wildman–Crippen MR) is 84.0 cm³/mol. The Morgan fingerprint density at radius 1 is 1.11 bits per heavy atom. The average molecular weight is 323 g/mol. The molecule has 0 aliphatic carbocycles. The van der Waals surface area contributed by atoms with E-state index >= 15 is 0 Å². The summed E-state index contributed by atoms with van der Waals surface area (Å²) >= 11 is 17.2. The normalized spacial score (nSPS) is 11.4. The van der Waals surface area contributed by atoms with E-state index in [0.29, 0.717) is 11.8 Å². The molecular formula is C14H18Cl3NO. The van der Waals surface area contributed by atoms with E-state index in [9.17, 15) is 4.79 Å². The van der Waals surface area contributed by atoms with Crippen molar-refractivity contribution in [3.05, 3.63) is 29.8 Å². The summed E-state index contributed by atoms with van der Waals surface area (Å²) in [6, 6.07) is 7.78. The van der Waals surface area contributed by atoms with Crippen LogP contribution < -0.4 is 4.90 Å². The Kier molecular flexibility index (Phi) is 6.45. The molecular weight excluding hydrogens is 305 g/mol. The van der Waals surface area contributed by atoms with E-state index in [4.69, 9.17) is 34.8 Å². The Morgan fingerprint density at radius 3 is 1.95 bits per heavy atom. The van der Waals surface area contributed by atoms with Crippen LogP contribution in [0.5, 0.6) is 0 Å². The molecule has 1 rings (SSSR count). The van der Waals surface area contributed by atoms with Gasteiger partial charge in [-0.05, 0) is 43.1 Å². The van der Waals surface area contributed by atoms with Crippen LogP contribution in [0.3, 0.4) is 0 Å². The number of hydrogen-bond donors (Lipinski definition) is 0. The standard InChI is InChI=1S/C14H18Cl3NO/c1-14(2,13(17)19)11-3-5-12(6-4-11)18(9-7-15)10-8-16/h3-6H,7-10H2,1-2H3. The molecule has 0 spiro atoms. The number of carbonyl (C=O) groups is 1. The van der Waals surface area contributed by atoms with Crippen molar-refractivity contribution in [3.8, 4) is 0 Å². The Balaban J connectivity index is 2.94. The van der Waals surface area contributed by atoms with Crippen molar-refractivity contribution in [3.63, 3.8) is 0 Å². The van der Waals surface area contributed by atoms with Gasteiger partial charge in [-0.25, -0.2) is 0 Å². The number of anilines is 1. The number of benzene rings is 1. The summed E-state index contributed by atoms with van der Waals surface area (Å²) in [4.78, 5) is 13.5. The zero-order valence-corrected chi connectivity index (χ0v) is 13.4. The molecule has 1 aromatic rings. The van der Waals surface area contributed by atoms with Crippen molar-refractivity contribution in [2.75, 3.05) is 29.7 Å². The summed E-state index contributed by atoms with van der Waals surface area (Å²) < 4.78 is 0. The zero-order chi connectivity index (χ0) is 14.5. The van der Waals surface area contributed by atoms with Crippen molar-refractivity contribution in [2.45, 2.75) is 19.3 Å². The molecule has 0 N–H and O–H groups in total. The van der Waals surface area contributed by atoms with Crippen molar-refractivity contribution in [1.29, 1.82) is 0 Å². The van der Waals surface area contributed by atoms with E-state index in [0.717, 1.165) is 24.3 Å². The molecule has 0 saturated heterocycles. The predicted octanol–water partition coefficient (Wildman–Crippen LogP) is 4.01. The minimum absolute atomic E-state index is 0.362. The van der Waals surface area contributed by atoms with E-state index in [1.807, 2.05) is 38.1 Å². The molecule has 0 radical (unpaired) electrons.